The molecule has 4 nitrogen and oxygen atoms in total. The van der Waals surface area contributed by atoms with E-state index >= 15 is 0 Å². The zero-order valence-corrected chi connectivity index (χ0v) is 13.5. The van der Waals surface area contributed by atoms with E-state index in [2.05, 4.69) is 53.4 Å². The number of nitrogens with one attached hydrogen (secondary N) is 1. The quantitative estimate of drug-likeness (QED) is 0.938. The van der Waals surface area contributed by atoms with Gasteiger partial charge in [0.1, 0.15) is 11.6 Å². The molecule has 0 aliphatic carbocycles. The van der Waals surface area contributed by atoms with Crippen molar-refractivity contribution in [1.29, 1.82) is 0 Å². The van der Waals surface area contributed by atoms with Crippen molar-refractivity contribution in [3.8, 4) is 0 Å². The molecule has 1 aromatic carbocycles. The van der Waals surface area contributed by atoms with E-state index < -0.39 is 0 Å². The highest BCUT2D eigenvalue weighted by Gasteiger charge is 2.20. The van der Waals surface area contributed by atoms with Crippen LogP contribution in [-0.4, -0.2) is 23.2 Å². The van der Waals surface area contributed by atoms with Crippen LogP contribution in [0.5, 0.6) is 0 Å². The van der Waals surface area contributed by atoms with Crippen LogP contribution in [-0.2, 0) is 11.3 Å². The largest absolute Gasteiger partial charge is 0.381 e. The molecule has 1 aromatic heterocycles. The van der Waals surface area contributed by atoms with Crippen molar-refractivity contribution in [2.24, 2.45) is 0 Å². The smallest absolute Gasteiger partial charge is 0.130 e. The van der Waals surface area contributed by atoms with Gasteiger partial charge in [0, 0.05) is 25.1 Å². The molecule has 2 heterocycles. The van der Waals surface area contributed by atoms with Crippen LogP contribution in [0.3, 0.4) is 0 Å². The van der Waals surface area contributed by atoms with Crippen molar-refractivity contribution in [3.63, 3.8) is 0 Å². The monoisotopic (exact) mass is 297 g/mol. The summed E-state index contributed by atoms with van der Waals surface area (Å²) in [6.45, 7) is 8.60. The van der Waals surface area contributed by atoms with Gasteiger partial charge in [0.2, 0.25) is 0 Å². The third-order valence-corrected chi connectivity index (χ3v) is 4.25. The van der Waals surface area contributed by atoms with Crippen molar-refractivity contribution >= 4 is 5.82 Å². The lowest BCUT2D eigenvalue weighted by molar-refractivity contribution is 0.193. The van der Waals surface area contributed by atoms with E-state index in [-0.39, 0.29) is 0 Å². The highest BCUT2D eigenvalue weighted by atomic mass is 16.5. The van der Waals surface area contributed by atoms with Crippen molar-refractivity contribution in [2.75, 3.05) is 18.5 Å². The lowest BCUT2D eigenvalue weighted by Crippen LogP contribution is -2.08. The van der Waals surface area contributed by atoms with Crippen molar-refractivity contribution in [1.82, 2.24) is 9.97 Å². The van der Waals surface area contributed by atoms with E-state index in [1.807, 2.05) is 6.92 Å². The summed E-state index contributed by atoms with van der Waals surface area (Å²) in [4.78, 5) is 9.06. The Hall–Kier alpha value is -1.94. The molecule has 1 N–H and O–H groups in total. The van der Waals surface area contributed by atoms with Crippen molar-refractivity contribution in [3.05, 3.63) is 52.5 Å². The number of nitrogens with zero attached hydrogens (tertiary/aromatic N) is 2. The number of hydrogen-bond acceptors (Lipinski definition) is 4. The van der Waals surface area contributed by atoms with E-state index in [9.17, 15) is 0 Å². The third-order valence-electron chi connectivity index (χ3n) is 4.25. The molecule has 3 rings (SSSR count). The van der Waals surface area contributed by atoms with Gasteiger partial charge in [0.05, 0.1) is 12.3 Å². The second-order valence-corrected chi connectivity index (χ2v) is 6.06. The molecule has 1 atom stereocenters. The number of benzene rings is 1. The first-order chi connectivity index (χ1) is 10.6. The van der Waals surface area contributed by atoms with Gasteiger partial charge in [0.15, 0.2) is 0 Å². The third kappa shape index (κ3) is 3.45. The highest BCUT2D eigenvalue weighted by molar-refractivity contribution is 5.39. The second kappa shape index (κ2) is 6.44. The standard InChI is InChI=1S/C18H23N3O/c1-12-4-5-15(8-13(12)2)10-19-18-9-17(20-14(3)21-18)16-6-7-22-11-16/h4-5,8-9,16H,6-7,10-11H2,1-3H3,(H,19,20,21)/t16-/m1/s1. The van der Waals surface area contributed by atoms with E-state index in [1.165, 1.54) is 16.7 Å². The number of rotatable bonds is 4. The average Bonchev–Trinajstić information content (AvgIpc) is 3.02. The summed E-state index contributed by atoms with van der Waals surface area (Å²) < 4.78 is 5.46. The van der Waals surface area contributed by atoms with E-state index in [0.717, 1.165) is 43.5 Å². The van der Waals surface area contributed by atoms with Crippen LogP contribution in [0.15, 0.2) is 24.3 Å². The maximum absolute atomic E-state index is 5.46. The van der Waals surface area contributed by atoms with Gasteiger partial charge in [-0.1, -0.05) is 18.2 Å². The first-order valence-electron chi connectivity index (χ1n) is 7.85. The fourth-order valence-corrected chi connectivity index (χ4v) is 2.76. The minimum atomic E-state index is 0.406. The molecule has 2 aromatic rings. The van der Waals surface area contributed by atoms with Gasteiger partial charge >= 0.3 is 0 Å². The number of aryl methyl sites for hydroxylation is 3. The molecule has 116 valence electrons. The molecule has 0 unspecified atom stereocenters. The molecular weight excluding hydrogens is 274 g/mol. The molecule has 1 aliphatic heterocycles. The van der Waals surface area contributed by atoms with Crippen molar-refractivity contribution < 1.29 is 4.74 Å². The lowest BCUT2D eigenvalue weighted by atomic mass is 10.0. The minimum Gasteiger partial charge on any atom is -0.381 e. The van der Waals surface area contributed by atoms with Crippen molar-refractivity contribution in [2.45, 2.75) is 39.7 Å². The summed E-state index contributed by atoms with van der Waals surface area (Å²) >= 11 is 0. The van der Waals surface area contributed by atoms with E-state index in [1.54, 1.807) is 0 Å². The molecule has 0 radical (unpaired) electrons. The van der Waals surface area contributed by atoms with Crippen LogP contribution in [0.4, 0.5) is 5.82 Å². The van der Waals surface area contributed by atoms with Crippen LogP contribution in [0.2, 0.25) is 0 Å². The predicted octanol–water partition coefficient (Wildman–Crippen LogP) is 3.52. The molecule has 1 saturated heterocycles. The lowest BCUT2D eigenvalue weighted by Gasteiger charge is -2.12. The van der Waals surface area contributed by atoms with Gasteiger partial charge in [-0.3, -0.25) is 0 Å². The zero-order valence-electron chi connectivity index (χ0n) is 13.5. The second-order valence-electron chi connectivity index (χ2n) is 6.06. The molecule has 0 bridgehead atoms. The number of ether oxygens (including phenoxy) is 1. The molecule has 1 fully saturated rings. The Morgan fingerprint density at radius 1 is 1.14 bits per heavy atom. The normalized spacial score (nSPS) is 17.7. The van der Waals surface area contributed by atoms with Gasteiger partial charge in [-0.15, -0.1) is 0 Å². The Balaban J connectivity index is 1.72. The summed E-state index contributed by atoms with van der Waals surface area (Å²) in [5, 5.41) is 3.42. The molecule has 1 aliphatic rings. The Morgan fingerprint density at radius 3 is 2.73 bits per heavy atom. The van der Waals surface area contributed by atoms with Crippen LogP contribution < -0.4 is 5.32 Å². The maximum atomic E-state index is 5.46. The summed E-state index contributed by atoms with van der Waals surface area (Å²) in [6, 6.07) is 8.61. The van der Waals surface area contributed by atoms with Gasteiger partial charge in [0.25, 0.3) is 0 Å². The highest BCUT2D eigenvalue weighted by Crippen LogP contribution is 2.25. The Kier molecular flexibility index (Phi) is 4.39. The van der Waals surface area contributed by atoms with Crippen LogP contribution >= 0.6 is 0 Å². The van der Waals surface area contributed by atoms with Crippen LogP contribution in [0.1, 0.15) is 40.5 Å². The Morgan fingerprint density at radius 2 is 2.00 bits per heavy atom. The van der Waals surface area contributed by atoms with Gasteiger partial charge in [-0.25, -0.2) is 9.97 Å². The number of aromatic nitrogens is 2. The number of hydrogen-bond donors (Lipinski definition) is 1. The average molecular weight is 297 g/mol. The molecule has 4 heteroatoms. The topological polar surface area (TPSA) is 47.0 Å². The Labute approximate surface area is 132 Å². The molecule has 22 heavy (non-hydrogen) atoms. The fourth-order valence-electron chi connectivity index (χ4n) is 2.76. The molecule has 0 spiro atoms. The molecular formula is C18H23N3O. The molecule has 0 saturated carbocycles. The SMILES string of the molecule is Cc1nc(NCc2ccc(C)c(C)c2)cc([C@@H]2CCOC2)n1. The van der Waals surface area contributed by atoms with Gasteiger partial charge < -0.3 is 10.1 Å². The van der Waals surface area contributed by atoms with Crippen LogP contribution in [0.25, 0.3) is 0 Å². The number of anilines is 1. The zero-order chi connectivity index (χ0) is 15.5. The van der Waals surface area contributed by atoms with Gasteiger partial charge in [-0.05, 0) is 43.9 Å². The van der Waals surface area contributed by atoms with E-state index in [4.69, 9.17) is 4.74 Å². The Bertz CT molecular complexity index is 663. The summed E-state index contributed by atoms with van der Waals surface area (Å²) in [5.74, 6) is 2.11. The summed E-state index contributed by atoms with van der Waals surface area (Å²) in [5.41, 5.74) is 5.00. The minimum absolute atomic E-state index is 0.406. The summed E-state index contributed by atoms with van der Waals surface area (Å²) in [6.07, 6.45) is 1.05. The van der Waals surface area contributed by atoms with E-state index in [0.29, 0.717) is 5.92 Å². The van der Waals surface area contributed by atoms with Crippen LogP contribution in [0, 0.1) is 20.8 Å². The maximum Gasteiger partial charge on any atom is 0.130 e. The van der Waals surface area contributed by atoms with Gasteiger partial charge in [-0.2, -0.15) is 0 Å². The first-order valence-corrected chi connectivity index (χ1v) is 7.85. The molecule has 0 amide bonds. The summed E-state index contributed by atoms with van der Waals surface area (Å²) in [7, 11) is 0. The fraction of sp³-hybridized carbons (Fsp3) is 0.444. The first kappa shape index (κ1) is 15.0. The predicted molar refractivity (Wildman–Crippen MR) is 88.2 cm³/mol.